The van der Waals surface area contributed by atoms with Crippen molar-refractivity contribution in [2.24, 2.45) is 0 Å². The zero-order valence-electron chi connectivity index (χ0n) is 20.6. The number of rotatable bonds is 7. The molecule has 2 aliphatic rings. The van der Waals surface area contributed by atoms with E-state index in [0.717, 1.165) is 64.3 Å². The Morgan fingerprint density at radius 2 is 1.41 bits per heavy atom. The van der Waals surface area contributed by atoms with E-state index in [4.69, 9.17) is 4.74 Å². The third-order valence-electron chi connectivity index (χ3n) is 7.57. The Morgan fingerprint density at radius 3 is 2.00 bits per heavy atom. The molecule has 0 radical (unpaired) electrons. The molecular weight excluding hydrogens is 418 g/mol. The van der Waals surface area contributed by atoms with Crippen LogP contribution in [0.3, 0.4) is 0 Å². The molecule has 0 spiro atoms. The summed E-state index contributed by atoms with van der Waals surface area (Å²) in [5.41, 5.74) is 7.12. The highest BCUT2D eigenvalue weighted by atomic mass is 16.5. The molecule has 0 saturated carbocycles. The van der Waals surface area contributed by atoms with Gasteiger partial charge in [0.15, 0.2) is 0 Å². The average molecular weight is 456 g/mol. The molecule has 34 heavy (non-hydrogen) atoms. The maximum absolute atomic E-state index is 5.82. The molecular formula is C30H37N3O. The molecule has 0 aromatic heterocycles. The van der Waals surface area contributed by atoms with Gasteiger partial charge < -0.3 is 14.5 Å². The molecule has 1 aliphatic carbocycles. The number of fused-ring (bicyclic) bond motifs is 1. The van der Waals surface area contributed by atoms with Gasteiger partial charge in [0.25, 0.3) is 0 Å². The van der Waals surface area contributed by atoms with E-state index in [-0.39, 0.29) is 0 Å². The van der Waals surface area contributed by atoms with Crippen LogP contribution in [-0.4, -0.2) is 56.2 Å². The monoisotopic (exact) mass is 455 g/mol. The van der Waals surface area contributed by atoms with E-state index in [1.165, 1.54) is 27.9 Å². The minimum absolute atomic E-state index is 0.506. The van der Waals surface area contributed by atoms with Crippen molar-refractivity contribution in [3.8, 4) is 5.75 Å². The van der Waals surface area contributed by atoms with Crippen LogP contribution in [-0.2, 0) is 25.9 Å². The summed E-state index contributed by atoms with van der Waals surface area (Å²) < 4.78 is 5.82. The minimum Gasteiger partial charge on any atom is -0.496 e. The fourth-order valence-corrected chi connectivity index (χ4v) is 5.61. The van der Waals surface area contributed by atoms with Crippen molar-refractivity contribution in [1.82, 2.24) is 9.80 Å². The molecule has 0 bridgehead atoms. The predicted molar refractivity (Wildman–Crippen MR) is 141 cm³/mol. The van der Waals surface area contributed by atoms with Crippen LogP contribution in [0.1, 0.15) is 28.7 Å². The molecule has 4 nitrogen and oxygen atoms in total. The van der Waals surface area contributed by atoms with Crippen LogP contribution >= 0.6 is 0 Å². The first kappa shape index (κ1) is 22.9. The van der Waals surface area contributed by atoms with E-state index in [2.05, 4.69) is 94.5 Å². The molecule has 0 unspecified atom stereocenters. The molecule has 0 amide bonds. The Kier molecular flexibility index (Phi) is 7.17. The van der Waals surface area contributed by atoms with E-state index in [1.54, 1.807) is 0 Å². The first-order chi connectivity index (χ1) is 16.7. The van der Waals surface area contributed by atoms with E-state index in [9.17, 15) is 0 Å². The van der Waals surface area contributed by atoms with Crippen molar-refractivity contribution < 1.29 is 4.74 Å². The van der Waals surface area contributed by atoms with E-state index >= 15 is 0 Å². The Balaban J connectivity index is 1.45. The molecule has 4 heteroatoms. The topological polar surface area (TPSA) is 19.0 Å². The summed E-state index contributed by atoms with van der Waals surface area (Å²) in [5.74, 6) is 1.06. The van der Waals surface area contributed by atoms with Gasteiger partial charge in [-0.05, 0) is 60.7 Å². The van der Waals surface area contributed by atoms with Crippen LogP contribution in [0, 0.1) is 0 Å². The Bertz CT molecular complexity index is 1020. The highest BCUT2D eigenvalue weighted by Gasteiger charge is 2.30. The number of anilines is 1. The summed E-state index contributed by atoms with van der Waals surface area (Å²) >= 11 is 0. The molecule has 1 atom stereocenters. The van der Waals surface area contributed by atoms with Gasteiger partial charge in [-0.2, -0.15) is 0 Å². The van der Waals surface area contributed by atoms with Gasteiger partial charge in [-0.25, -0.2) is 0 Å². The van der Waals surface area contributed by atoms with Crippen LogP contribution in [0.4, 0.5) is 5.69 Å². The Hall–Kier alpha value is -2.82. The van der Waals surface area contributed by atoms with Crippen molar-refractivity contribution in [2.75, 3.05) is 45.2 Å². The molecule has 3 aromatic rings. The lowest BCUT2D eigenvalue weighted by molar-refractivity contribution is 0.161. The molecule has 1 fully saturated rings. The maximum Gasteiger partial charge on any atom is 0.122 e. The minimum atomic E-state index is 0.506. The van der Waals surface area contributed by atoms with E-state index < -0.39 is 0 Å². The summed E-state index contributed by atoms with van der Waals surface area (Å²) in [6.07, 6.45) is 3.31. The van der Waals surface area contributed by atoms with Crippen molar-refractivity contribution >= 4 is 5.69 Å². The van der Waals surface area contributed by atoms with Gasteiger partial charge in [0.05, 0.1) is 7.11 Å². The van der Waals surface area contributed by atoms with Crippen LogP contribution in [0.2, 0.25) is 0 Å². The molecule has 0 N–H and O–H groups in total. The van der Waals surface area contributed by atoms with Gasteiger partial charge in [-0.15, -0.1) is 0 Å². The number of ether oxygens (including phenoxy) is 1. The maximum atomic E-state index is 5.82. The lowest BCUT2D eigenvalue weighted by Crippen LogP contribution is -2.45. The van der Waals surface area contributed by atoms with Gasteiger partial charge in [-0.1, -0.05) is 60.7 Å². The molecule has 3 aromatic carbocycles. The number of likely N-dealkylation sites (N-methyl/N-ethyl adjacent to an activating group) is 1. The van der Waals surface area contributed by atoms with Crippen LogP contribution in [0.25, 0.3) is 0 Å². The number of methoxy groups -OCH3 is 1. The zero-order valence-corrected chi connectivity index (χ0v) is 20.6. The zero-order chi connectivity index (χ0) is 23.3. The summed E-state index contributed by atoms with van der Waals surface area (Å²) in [7, 11) is 4.04. The Morgan fingerprint density at radius 1 is 0.794 bits per heavy atom. The fraction of sp³-hybridized carbons (Fsp3) is 0.400. The number of nitrogens with zero attached hydrogens (tertiary/aromatic N) is 3. The number of benzene rings is 3. The number of piperazine rings is 1. The standard InChI is InChI=1S/C30H37N3O/c1-31-17-19-32(20-18-31)29-15-16-30(34-2)27-14-13-26(21-28(27)29)33(22-24-9-5-3-6-10-24)23-25-11-7-4-8-12-25/h3-12,15-16,26H,13-14,17-23H2,1-2H3/t26-/m0/s1. The van der Waals surface area contributed by atoms with Gasteiger partial charge in [0.1, 0.15) is 5.75 Å². The SMILES string of the molecule is COc1ccc(N2CCN(C)CC2)c2c1CC[C@H](N(Cc1ccccc1)Cc1ccccc1)C2. The molecule has 1 saturated heterocycles. The Labute approximate surface area is 204 Å². The third-order valence-corrected chi connectivity index (χ3v) is 7.57. The van der Waals surface area contributed by atoms with Crippen LogP contribution < -0.4 is 9.64 Å². The average Bonchev–Trinajstić information content (AvgIpc) is 2.89. The predicted octanol–water partition coefficient (Wildman–Crippen LogP) is 5.01. The van der Waals surface area contributed by atoms with Gasteiger partial charge >= 0.3 is 0 Å². The summed E-state index contributed by atoms with van der Waals surface area (Å²) in [4.78, 5) is 7.72. The molecule has 5 rings (SSSR count). The summed E-state index contributed by atoms with van der Waals surface area (Å²) in [6.45, 7) is 6.39. The first-order valence-electron chi connectivity index (χ1n) is 12.7. The normalized spacial score (nSPS) is 18.7. The largest absolute Gasteiger partial charge is 0.496 e. The van der Waals surface area contributed by atoms with Gasteiger partial charge in [-0.3, -0.25) is 4.90 Å². The van der Waals surface area contributed by atoms with Crippen molar-refractivity contribution in [3.05, 3.63) is 95.1 Å². The number of hydrogen-bond acceptors (Lipinski definition) is 4. The fourth-order valence-electron chi connectivity index (χ4n) is 5.61. The van der Waals surface area contributed by atoms with Gasteiger partial charge in [0, 0.05) is 51.0 Å². The lowest BCUT2D eigenvalue weighted by Gasteiger charge is -2.40. The lowest BCUT2D eigenvalue weighted by atomic mass is 9.85. The smallest absolute Gasteiger partial charge is 0.122 e. The molecule has 1 aliphatic heterocycles. The van der Waals surface area contributed by atoms with Crippen LogP contribution in [0.15, 0.2) is 72.8 Å². The van der Waals surface area contributed by atoms with Crippen molar-refractivity contribution in [1.29, 1.82) is 0 Å². The second-order valence-electron chi connectivity index (χ2n) is 9.81. The quantitative estimate of drug-likeness (QED) is 0.499. The van der Waals surface area contributed by atoms with Crippen LogP contribution in [0.5, 0.6) is 5.75 Å². The molecule has 1 heterocycles. The van der Waals surface area contributed by atoms with Crippen molar-refractivity contribution in [2.45, 2.75) is 38.4 Å². The van der Waals surface area contributed by atoms with Gasteiger partial charge in [0.2, 0.25) is 0 Å². The second kappa shape index (κ2) is 10.6. The van der Waals surface area contributed by atoms with E-state index in [0.29, 0.717) is 6.04 Å². The second-order valence-corrected chi connectivity index (χ2v) is 9.81. The van der Waals surface area contributed by atoms with E-state index in [1.807, 2.05) is 7.11 Å². The highest BCUT2D eigenvalue weighted by molar-refractivity contribution is 5.62. The first-order valence-corrected chi connectivity index (χ1v) is 12.7. The summed E-state index contributed by atoms with van der Waals surface area (Å²) in [5, 5.41) is 0. The molecule has 178 valence electrons. The summed E-state index contributed by atoms with van der Waals surface area (Å²) in [6, 6.07) is 26.9. The third kappa shape index (κ3) is 5.13. The highest BCUT2D eigenvalue weighted by Crippen LogP contribution is 2.38. The van der Waals surface area contributed by atoms with Crippen molar-refractivity contribution in [3.63, 3.8) is 0 Å². The number of hydrogen-bond donors (Lipinski definition) is 0.